The largest absolute Gasteiger partial charge is 0.508 e. The Balaban J connectivity index is 1.54. The molecular weight excluding hydrogens is 330 g/mol. The molecule has 1 heterocycles. The monoisotopic (exact) mass is 355 g/mol. The summed E-state index contributed by atoms with van der Waals surface area (Å²) in [6.45, 7) is 5.26. The molecule has 0 aliphatic carbocycles. The molecule has 1 aliphatic rings. The zero-order valence-corrected chi connectivity index (χ0v) is 15.2. The van der Waals surface area contributed by atoms with Crippen LogP contribution in [0.3, 0.4) is 0 Å². The zero-order valence-electron chi connectivity index (χ0n) is 15.2. The molecule has 1 amide bonds. The van der Waals surface area contributed by atoms with Gasteiger partial charge in [-0.2, -0.15) is 0 Å². The number of methoxy groups -OCH3 is 1. The number of piperazine rings is 1. The second-order valence-corrected chi connectivity index (χ2v) is 6.44. The standard InChI is InChI=1S/C20H25N3O3/c1-15(20(25)21-16-4-3-5-19(14-16)26-2)22-10-12-23(13-11-22)17-6-8-18(24)9-7-17/h3-9,14-15,24H,10-13H2,1-2H3,(H,21,25). The van der Waals surface area contributed by atoms with Crippen LogP contribution in [0, 0.1) is 0 Å². The van der Waals surface area contributed by atoms with E-state index in [9.17, 15) is 9.90 Å². The van der Waals surface area contributed by atoms with Gasteiger partial charge in [-0.3, -0.25) is 9.69 Å². The van der Waals surface area contributed by atoms with E-state index in [0.717, 1.165) is 43.3 Å². The van der Waals surface area contributed by atoms with Crippen molar-refractivity contribution in [2.24, 2.45) is 0 Å². The molecule has 1 atom stereocenters. The van der Waals surface area contributed by atoms with Gasteiger partial charge in [-0.15, -0.1) is 0 Å². The van der Waals surface area contributed by atoms with Gasteiger partial charge >= 0.3 is 0 Å². The fourth-order valence-corrected chi connectivity index (χ4v) is 3.14. The van der Waals surface area contributed by atoms with Gasteiger partial charge in [-0.1, -0.05) is 6.07 Å². The Morgan fingerprint density at radius 1 is 1.12 bits per heavy atom. The number of phenols is 1. The maximum absolute atomic E-state index is 12.6. The van der Waals surface area contributed by atoms with Gasteiger partial charge in [-0.05, 0) is 43.3 Å². The molecule has 3 rings (SSSR count). The minimum atomic E-state index is -0.205. The number of carbonyl (C=O) groups is 1. The van der Waals surface area contributed by atoms with Crippen LogP contribution in [0.15, 0.2) is 48.5 Å². The van der Waals surface area contributed by atoms with Crippen molar-refractivity contribution in [3.05, 3.63) is 48.5 Å². The number of nitrogens with zero attached hydrogens (tertiary/aromatic N) is 2. The Morgan fingerprint density at radius 2 is 1.81 bits per heavy atom. The van der Waals surface area contributed by atoms with Gasteiger partial charge in [0.25, 0.3) is 0 Å². The molecule has 2 N–H and O–H groups in total. The van der Waals surface area contributed by atoms with Crippen LogP contribution in [0.2, 0.25) is 0 Å². The Bertz CT molecular complexity index is 740. The average molecular weight is 355 g/mol. The van der Waals surface area contributed by atoms with E-state index >= 15 is 0 Å². The van der Waals surface area contributed by atoms with Crippen LogP contribution >= 0.6 is 0 Å². The lowest BCUT2D eigenvalue weighted by Crippen LogP contribution is -2.52. The molecular formula is C20H25N3O3. The van der Waals surface area contributed by atoms with Gasteiger partial charge in [0.1, 0.15) is 11.5 Å². The molecule has 0 bridgehead atoms. The van der Waals surface area contributed by atoms with Crippen LogP contribution in [0.5, 0.6) is 11.5 Å². The van der Waals surface area contributed by atoms with Crippen molar-refractivity contribution in [2.45, 2.75) is 13.0 Å². The second-order valence-electron chi connectivity index (χ2n) is 6.44. The molecule has 138 valence electrons. The smallest absolute Gasteiger partial charge is 0.241 e. The number of benzene rings is 2. The predicted octanol–water partition coefficient (Wildman–Crippen LogP) is 2.55. The van der Waals surface area contributed by atoms with Gasteiger partial charge in [0, 0.05) is 43.6 Å². The highest BCUT2D eigenvalue weighted by atomic mass is 16.5. The van der Waals surface area contributed by atoms with Gasteiger partial charge in [-0.25, -0.2) is 0 Å². The van der Waals surface area contributed by atoms with Crippen LogP contribution in [0.4, 0.5) is 11.4 Å². The SMILES string of the molecule is COc1cccc(NC(=O)C(C)N2CCN(c3ccc(O)cc3)CC2)c1. The third-order valence-corrected chi connectivity index (χ3v) is 4.79. The molecule has 1 fully saturated rings. The molecule has 2 aromatic carbocycles. The van der Waals surface area contributed by atoms with Crippen LogP contribution in [-0.4, -0.2) is 55.2 Å². The molecule has 1 unspecified atom stereocenters. The number of nitrogens with one attached hydrogen (secondary N) is 1. The van der Waals surface area contributed by atoms with Crippen molar-refractivity contribution in [2.75, 3.05) is 43.5 Å². The summed E-state index contributed by atoms with van der Waals surface area (Å²) in [5.74, 6) is 0.976. The lowest BCUT2D eigenvalue weighted by molar-refractivity contribution is -0.120. The van der Waals surface area contributed by atoms with Crippen molar-refractivity contribution in [1.82, 2.24) is 4.90 Å². The molecule has 26 heavy (non-hydrogen) atoms. The number of hydrogen-bond acceptors (Lipinski definition) is 5. The molecule has 0 spiro atoms. The van der Waals surface area contributed by atoms with E-state index in [1.165, 1.54) is 0 Å². The summed E-state index contributed by atoms with van der Waals surface area (Å²) in [6.07, 6.45) is 0. The van der Waals surface area contributed by atoms with E-state index in [0.29, 0.717) is 0 Å². The molecule has 6 heteroatoms. The van der Waals surface area contributed by atoms with E-state index in [1.54, 1.807) is 19.2 Å². The summed E-state index contributed by atoms with van der Waals surface area (Å²) in [5, 5.41) is 12.4. The van der Waals surface area contributed by atoms with Crippen molar-refractivity contribution < 1.29 is 14.6 Å². The molecule has 0 saturated carbocycles. The quantitative estimate of drug-likeness (QED) is 0.863. The Kier molecular flexibility index (Phi) is 5.63. The molecule has 1 aliphatic heterocycles. The highest BCUT2D eigenvalue weighted by Crippen LogP contribution is 2.21. The molecule has 0 radical (unpaired) electrons. The van der Waals surface area contributed by atoms with E-state index in [2.05, 4.69) is 15.1 Å². The summed E-state index contributed by atoms with van der Waals surface area (Å²) >= 11 is 0. The first-order chi connectivity index (χ1) is 12.6. The number of anilines is 2. The molecule has 2 aromatic rings. The Hall–Kier alpha value is -2.73. The number of phenolic OH excluding ortho intramolecular Hbond substituents is 1. The number of ether oxygens (including phenoxy) is 1. The van der Waals surface area contributed by atoms with Crippen LogP contribution in [0.25, 0.3) is 0 Å². The second kappa shape index (κ2) is 8.10. The minimum absolute atomic E-state index is 0.0173. The lowest BCUT2D eigenvalue weighted by atomic mass is 10.2. The molecule has 6 nitrogen and oxygen atoms in total. The van der Waals surface area contributed by atoms with Gasteiger partial charge in [0.05, 0.1) is 13.2 Å². The van der Waals surface area contributed by atoms with Crippen LogP contribution in [-0.2, 0) is 4.79 Å². The fourth-order valence-electron chi connectivity index (χ4n) is 3.14. The van der Waals surface area contributed by atoms with Gasteiger partial charge in [0.2, 0.25) is 5.91 Å². The normalized spacial score (nSPS) is 16.2. The van der Waals surface area contributed by atoms with E-state index in [1.807, 2.05) is 43.3 Å². The van der Waals surface area contributed by atoms with E-state index in [4.69, 9.17) is 4.74 Å². The molecule has 0 aromatic heterocycles. The topological polar surface area (TPSA) is 65.0 Å². The van der Waals surface area contributed by atoms with Crippen molar-refractivity contribution in [3.8, 4) is 11.5 Å². The third-order valence-electron chi connectivity index (χ3n) is 4.79. The summed E-state index contributed by atoms with van der Waals surface area (Å²) in [5.41, 5.74) is 1.83. The maximum atomic E-state index is 12.6. The maximum Gasteiger partial charge on any atom is 0.241 e. The van der Waals surface area contributed by atoms with E-state index < -0.39 is 0 Å². The third kappa shape index (κ3) is 4.26. The fraction of sp³-hybridized carbons (Fsp3) is 0.350. The summed E-state index contributed by atoms with van der Waals surface area (Å²) in [4.78, 5) is 17.0. The first-order valence-corrected chi connectivity index (χ1v) is 8.80. The number of hydrogen-bond donors (Lipinski definition) is 2. The highest BCUT2D eigenvalue weighted by Gasteiger charge is 2.25. The lowest BCUT2D eigenvalue weighted by Gasteiger charge is -2.38. The van der Waals surface area contributed by atoms with Crippen molar-refractivity contribution in [1.29, 1.82) is 0 Å². The summed E-state index contributed by atoms with van der Waals surface area (Å²) in [6, 6.07) is 14.4. The zero-order chi connectivity index (χ0) is 18.5. The first kappa shape index (κ1) is 18.1. The van der Waals surface area contributed by atoms with Crippen molar-refractivity contribution >= 4 is 17.3 Å². The van der Waals surface area contributed by atoms with Gasteiger partial charge < -0.3 is 20.1 Å². The Morgan fingerprint density at radius 3 is 2.46 bits per heavy atom. The predicted molar refractivity (Wildman–Crippen MR) is 103 cm³/mol. The Labute approximate surface area is 154 Å². The number of carbonyl (C=O) groups excluding carboxylic acids is 1. The first-order valence-electron chi connectivity index (χ1n) is 8.80. The van der Waals surface area contributed by atoms with Crippen LogP contribution < -0.4 is 15.0 Å². The van der Waals surface area contributed by atoms with E-state index in [-0.39, 0.29) is 17.7 Å². The number of amides is 1. The van der Waals surface area contributed by atoms with Crippen LogP contribution in [0.1, 0.15) is 6.92 Å². The highest BCUT2D eigenvalue weighted by molar-refractivity contribution is 5.94. The molecule has 1 saturated heterocycles. The number of rotatable bonds is 5. The van der Waals surface area contributed by atoms with Gasteiger partial charge in [0.15, 0.2) is 0 Å². The summed E-state index contributed by atoms with van der Waals surface area (Å²) in [7, 11) is 1.61. The summed E-state index contributed by atoms with van der Waals surface area (Å²) < 4.78 is 5.19. The van der Waals surface area contributed by atoms with Crippen molar-refractivity contribution in [3.63, 3.8) is 0 Å². The average Bonchev–Trinajstić information content (AvgIpc) is 2.68. The minimum Gasteiger partial charge on any atom is -0.508 e. The number of aromatic hydroxyl groups is 1.